The van der Waals surface area contributed by atoms with E-state index in [9.17, 15) is 15.2 Å². The Morgan fingerprint density at radius 3 is 2.59 bits per heavy atom. The minimum absolute atomic E-state index is 0.00551. The van der Waals surface area contributed by atoms with E-state index in [1.54, 1.807) is 6.07 Å². The lowest BCUT2D eigenvalue weighted by Crippen LogP contribution is -2.45. The second-order valence-electron chi connectivity index (χ2n) is 12.3. The van der Waals surface area contributed by atoms with E-state index in [0.717, 1.165) is 6.07 Å². The highest BCUT2D eigenvalue weighted by molar-refractivity contribution is 6.31. The Hall–Kier alpha value is -2.12. The Labute approximate surface area is 249 Å². The van der Waals surface area contributed by atoms with Gasteiger partial charge < -0.3 is 19.9 Å². The second-order valence-corrected chi connectivity index (χ2v) is 13.1. The van der Waals surface area contributed by atoms with Crippen molar-refractivity contribution >= 4 is 29.0 Å². The van der Waals surface area contributed by atoms with E-state index in [0.29, 0.717) is 19.4 Å². The van der Waals surface area contributed by atoms with Crippen LogP contribution in [-0.2, 0) is 19.7 Å². The van der Waals surface area contributed by atoms with Crippen LogP contribution in [0.25, 0.3) is 0 Å². The summed E-state index contributed by atoms with van der Waals surface area (Å²) < 4.78 is 42.9. The Bertz CT molecular complexity index is 1330. The van der Waals surface area contributed by atoms with Crippen molar-refractivity contribution in [3.63, 3.8) is 0 Å². The first kappa shape index (κ1) is 31.8. The summed E-state index contributed by atoms with van der Waals surface area (Å²) in [5, 5.41) is 24.3. The molecule has 0 aliphatic carbocycles. The fourth-order valence-electron chi connectivity index (χ4n) is 6.18. The van der Waals surface area contributed by atoms with Gasteiger partial charge in [0.15, 0.2) is 5.79 Å². The van der Waals surface area contributed by atoms with Gasteiger partial charge in [-0.25, -0.2) is 8.78 Å². The summed E-state index contributed by atoms with van der Waals surface area (Å²) in [5.74, 6) is -3.56. The number of nitrogens with zero attached hydrogens (tertiary/aromatic N) is 1. The number of aliphatic hydroxyl groups is 1. The maximum atomic E-state index is 15.7. The molecule has 5 atom stereocenters. The van der Waals surface area contributed by atoms with Crippen molar-refractivity contribution in [1.29, 1.82) is 5.26 Å². The van der Waals surface area contributed by atoms with E-state index < -0.39 is 46.3 Å². The molecular weight excluding hydrogens is 573 g/mol. The number of hydrogen-bond donors (Lipinski definition) is 2. The normalized spacial score (nSPS) is 27.6. The summed E-state index contributed by atoms with van der Waals surface area (Å²) >= 11 is 12.2. The average Bonchev–Trinajstić information content (AvgIpc) is 3.42. The largest absolute Gasteiger partial charge is 0.396 e. The van der Waals surface area contributed by atoms with E-state index in [-0.39, 0.29) is 52.5 Å². The predicted octanol–water partition coefficient (Wildman–Crippen LogP) is 6.46. The predicted molar refractivity (Wildman–Crippen MR) is 153 cm³/mol. The standard InChI is InChI=1S/C31H36Cl2F2N2O4/c1-29(2,17-38)14-25-31(16-36,21-12-11-18(32)13-23(21)34)26(20-8-6-9-22(33)27(20)35)28(37-25)24(39)10-5-7-19-15-40-30(3,4)41-19/h6,8-9,11-13,19,25-26,28,37-38H,5,7,10,14-15,17H2,1-4H3/t19-,25-,26-,28-,31-/m0/s1. The summed E-state index contributed by atoms with van der Waals surface area (Å²) in [4.78, 5) is 13.9. The molecule has 0 saturated carbocycles. The lowest BCUT2D eigenvalue weighted by molar-refractivity contribution is -0.139. The molecule has 2 aliphatic heterocycles. The topological polar surface area (TPSA) is 91.6 Å². The number of halogens is 4. The van der Waals surface area contributed by atoms with Crippen molar-refractivity contribution in [2.75, 3.05) is 13.2 Å². The van der Waals surface area contributed by atoms with E-state index >= 15 is 8.78 Å². The van der Waals surface area contributed by atoms with E-state index in [4.69, 9.17) is 32.7 Å². The third-order valence-electron chi connectivity index (χ3n) is 8.18. The third-order valence-corrected chi connectivity index (χ3v) is 8.71. The molecule has 2 heterocycles. The highest BCUT2D eigenvalue weighted by Gasteiger charge is 2.61. The summed E-state index contributed by atoms with van der Waals surface area (Å²) in [6.45, 7) is 7.48. The molecule has 4 rings (SSSR count). The van der Waals surface area contributed by atoms with Gasteiger partial charge in [0.05, 0.1) is 29.8 Å². The summed E-state index contributed by atoms with van der Waals surface area (Å²) in [6, 6.07) is 8.87. The van der Waals surface area contributed by atoms with E-state index in [1.165, 1.54) is 24.3 Å². The molecular formula is C31H36Cl2F2N2O4. The molecule has 2 aliphatic rings. The minimum atomic E-state index is -1.74. The van der Waals surface area contributed by atoms with Crippen molar-refractivity contribution in [1.82, 2.24) is 5.32 Å². The zero-order chi connectivity index (χ0) is 30.2. The van der Waals surface area contributed by atoms with Crippen LogP contribution in [0.4, 0.5) is 8.78 Å². The highest BCUT2D eigenvalue weighted by atomic mass is 35.5. The first-order valence-corrected chi connectivity index (χ1v) is 14.5. The molecule has 0 unspecified atom stereocenters. The first-order chi connectivity index (χ1) is 19.2. The van der Waals surface area contributed by atoms with E-state index in [1.807, 2.05) is 27.7 Å². The molecule has 2 aromatic rings. The van der Waals surface area contributed by atoms with Crippen LogP contribution in [0.15, 0.2) is 36.4 Å². The summed E-state index contributed by atoms with van der Waals surface area (Å²) in [5.41, 5.74) is -2.41. The van der Waals surface area contributed by atoms with Crippen LogP contribution in [0.2, 0.25) is 10.0 Å². The number of ketones is 1. The molecule has 2 saturated heterocycles. The SMILES string of the molecule is CC(C)(CO)C[C@@H]1N[C@@H](C(=O)CCC[C@H]2COC(C)(C)O2)[C@H](c2cccc(Cl)c2F)[C@@]1(C#N)c1ccc(Cl)cc1F. The van der Waals surface area contributed by atoms with Gasteiger partial charge >= 0.3 is 0 Å². The number of Topliss-reactive ketones (excluding diaryl/α,β-unsaturated/α-hetero) is 1. The molecule has 41 heavy (non-hydrogen) atoms. The third kappa shape index (κ3) is 6.46. The van der Waals surface area contributed by atoms with Gasteiger partial charge in [0.1, 0.15) is 22.8 Å². The molecule has 6 nitrogen and oxygen atoms in total. The number of hydrogen-bond acceptors (Lipinski definition) is 6. The Morgan fingerprint density at radius 1 is 1.24 bits per heavy atom. The molecule has 0 amide bonds. The smallest absolute Gasteiger partial charge is 0.163 e. The molecule has 2 N–H and O–H groups in total. The van der Waals surface area contributed by atoms with Crippen LogP contribution in [-0.4, -0.2) is 48.1 Å². The van der Waals surface area contributed by atoms with Crippen LogP contribution in [0.1, 0.15) is 70.4 Å². The van der Waals surface area contributed by atoms with Crippen LogP contribution in [0.3, 0.4) is 0 Å². The number of nitriles is 1. The minimum Gasteiger partial charge on any atom is -0.396 e. The van der Waals surface area contributed by atoms with Crippen LogP contribution in [0.5, 0.6) is 0 Å². The Kier molecular flexibility index (Phi) is 9.50. The molecule has 2 aromatic carbocycles. The number of carbonyl (C=O) groups excluding carboxylic acids is 1. The molecule has 222 valence electrons. The molecule has 0 bridgehead atoms. The molecule has 0 aromatic heterocycles. The number of nitrogens with one attached hydrogen (secondary N) is 1. The van der Waals surface area contributed by atoms with Gasteiger partial charge in [0, 0.05) is 35.6 Å². The van der Waals surface area contributed by atoms with Crippen LogP contribution >= 0.6 is 23.2 Å². The summed E-state index contributed by atoms with van der Waals surface area (Å²) in [6.07, 6.45) is 1.22. The lowest BCUT2D eigenvalue weighted by Gasteiger charge is -2.38. The van der Waals surface area contributed by atoms with E-state index in [2.05, 4.69) is 11.4 Å². The van der Waals surface area contributed by atoms with Gasteiger partial charge in [-0.3, -0.25) is 4.79 Å². The molecule has 0 radical (unpaired) electrons. The monoisotopic (exact) mass is 608 g/mol. The number of carbonyl (C=O) groups is 1. The second kappa shape index (κ2) is 12.2. The van der Waals surface area contributed by atoms with Crippen molar-refractivity contribution < 1.29 is 28.2 Å². The van der Waals surface area contributed by atoms with Gasteiger partial charge in [-0.1, -0.05) is 55.2 Å². The number of ether oxygens (including phenoxy) is 2. The van der Waals surface area contributed by atoms with Gasteiger partial charge in [-0.15, -0.1) is 0 Å². The van der Waals surface area contributed by atoms with Gasteiger partial charge in [-0.2, -0.15) is 5.26 Å². The fourth-order valence-corrected chi connectivity index (χ4v) is 6.52. The highest BCUT2D eigenvalue weighted by Crippen LogP contribution is 2.53. The number of benzene rings is 2. The molecule has 10 heteroatoms. The number of aliphatic hydroxyl groups excluding tert-OH is 1. The first-order valence-electron chi connectivity index (χ1n) is 13.8. The quantitative estimate of drug-likeness (QED) is 0.322. The van der Waals surface area contributed by atoms with Crippen molar-refractivity contribution in [2.45, 2.75) is 88.7 Å². The zero-order valence-electron chi connectivity index (χ0n) is 23.6. The van der Waals surface area contributed by atoms with Crippen molar-refractivity contribution in [3.8, 4) is 6.07 Å². The summed E-state index contributed by atoms with van der Waals surface area (Å²) in [7, 11) is 0. The Balaban J connectivity index is 1.80. The van der Waals surface area contributed by atoms with Gasteiger partial charge in [0.25, 0.3) is 0 Å². The van der Waals surface area contributed by atoms with Gasteiger partial charge in [-0.05, 0) is 62.3 Å². The maximum absolute atomic E-state index is 15.7. The average molecular weight is 610 g/mol. The fraction of sp³-hybridized carbons (Fsp3) is 0.548. The van der Waals surface area contributed by atoms with Gasteiger partial charge in [0.2, 0.25) is 0 Å². The van der Waals surface area contributed by atoms with Crippen molar-refractivity contribution in [3.05, 3.63) is 69.2 Å². The van der Waals surface area contributed by atoms with Crippen molar-refractivity contribution in [2.24, 2.45) is 5.41 Å². The molecule has 2 fully saturated rings. The number of rotatable bonds is 10. The van der Waals surface area contributed by atoms with Crippen LogP contribution in [0, 0.1) is 28.4 Å². The maximum Gasteiger partial charge on any atom is 0.163 e. The lowest BCUT2D eigenvalue weighted by atomic mass is 9.62. The Morgan fingerprint density at radius 2 is 1.98 bits per heavy atom. The zero-order valence-corrected chi connectivity index (χ0v) is 25.2. The molecule has 0 spiro atoms. The van der Waals surface area contributed by atoms with Crippen LogP contribution < -0.4 is 5.32 Å².